The molecule has 2 radical (unpaired) electrons. The van der Waals surface area contributed by atoms with Gasteiger partial charge in [-0.3, -0.25) is 0 Å². The number of fused-ring (bicyclic) bond motifs is 2. The Morgan fingerprint density at radius 1 is 0.697 bits per heavy atom. The van der Waals surface area contributed by atoms with E-state index in [4.69, 9.17) is 9.47 Å². The predicted molar refractivity (Wildman–Crippen MR) is 136 cm³/mol. The molecule has 0 bridgehead atoms. The molecule has 4 aliphatic rings. The molecule has 2 aliphatic heterocycles. The van der Waals surface area contributed by atoms with Gasteiger partial charge in [0.05, 0.1) is 23.4 Å². The zero-order valence-electron chi connectivity index (χ0n) is 20.0. The van der Waals surface area contributed by atoms with Gasteiger partial charge >= 0.3 is 0 Å². The van der Waals surface area contributed by atoms with Crippen LogP contribution in [0.2, 0.25) is 0 Å². The van der Waals surface area contributed by atoms with Gasteiger partial charge in [-0.25, -0.2) is 0 Å². The fourth-order valence-electron chi connectivity index (χ4n) is 6.74. The second kappa shape index (κ2) is 9.32. The Morgan fingerprint density at radius 2 is 1.21 bits per heavy atom. The zero-order valence-corrected chi connectivity index (χ0v) is 21.0. The maximum atomic E-state index is 6.08. The number of ether oxygens (including phenoxy) is 2. The first kappa shape index (κ1) is 22.1. The summed E-state index contributed by atoms with van der Waals surface area (Å²) in [5.41, 5.74) is 3.54. The van der Waals surface area contributed by atoms with E-state index in [9.17, 15) is 0 Å². The van der Waals surface area contributed by atoms with Crippen LogP contribution < -0.4 is 10.4 Å². The first-order valence-corrected chi connectivity index (χ1v) is 14.5. The van der Waals surface area contributed by atoms with Crippen LogP contribution in [0.1, 0.15) is 88.2 Å². The van der Waals surface area contributed by atoms with Gasteiger partial charge in [0, 0.05) is 0 Å². The van der Waals surface area contributed by atoms with Gasteiger partial charge in [0.25, 0.3) is 0 Å². The van der Waals surface area contributed by atoms with E-state index in [2.05, 4.69) is 48.5 Å². The summed E-state index contributed by atoms with van der Waals surface area (Å²) < 4.78 is 12.2. The minimum Gasteiger partial charge on any atom is -0.366 e. The molecule has 4 fully saturated rings. The second-order valence-electron chi connectivity index (χ2n) is 11.1. The quantitative estimate of drug-likeness (QED) is 0.351. The van der Waals surface area contributed by atoms with E-state index >= 15 is 0 Å². The van der Waals surface area contributed by atoms with Gasteiger partial charge in [0.15, 0.2) is 0 Å². The van der Waals surface area contributed by atoms with Crippen molar-refractivity contribution < 1.29 is 9.47 Å². The largest absolute Gasteiger partial charge is 0.366 e. The summed E-state index contributed by atoms with van der Waals surface area (Å²) in [6.07, 6.45) is 19.2. The molecule has 174 valence electrons. The lowest BCUT2D eigenvalue weighted by atomic mass is 9.85. The summed E-state index contributed by atoms with van der Waals surface area (Å²) in [5.74, 6) is 0. The SMILES string of the molecule is c1cc(CCCC23CCCCC2O3)cc([Si]c2cccc(CCCC34CCCCC3O4)c2)c1. The second-order valence-corrected chi connectivity index (χ2v) is 12.5. The van der Waals surface area contributed by atoms with Crippen LogP contribution in [0.3, 0.4) is 0 Å². The number of hydrogen-bond donors (Lipinski definition) is 0. The third-order valence-corrected chi connectivity index (χ3v) is 9.92. The van der Waals surface area contributed by atoms with E-state index in [1.54, 1.807) is 0 Å². The Kier molecular flexibility index (Phi) is 6.23. The van der Waals surface area contributed by atoms with Crippen molar-refractivity contribution >= 4 is 19.9 Å². The molecule has 33 heavy (non-hydrogen) atoms. The van der Waals surface area contributed by atoms with Gasteiger partial charge in [-0.1, -0.05) is 84.6 Å². The summed E-state index contributed by atoms with van der Waals surface area (Å²) in [5, 5.41) is 2.94. The van der Waals surface area contributed by atoms with E-state index in [0.29, 0.717) is 12.2 Å². The van der Waals surface area contributed by atoms with Crippen molar-refractivity contribution in [2.45, 2.75) is 113 Å². The number of aryl methyl sites for hydroxylation is 2. The Hall–Kier alpha value is -1.42. The molecular formula is C30H38O2Si. The highest BCUT2D eigenvalue weighted by molar-refractivity contribution is 6.67. The van der Waals surface area contributed by atoms with Crippen molar-refractivity contribution in [3.63, 3.8) is 0 Å². The molecule has 2 aliphatic carbocycles. The standard InChI is InChI=1S/C30H38O2Si/c1-3-17-29(27(15-1)31-29)19-7-11-23-9-5-13-25(21-23)33-26-14-6-10-24(22-26)12-8-20-30-18-4-2-16-28(30)32-30/h5-6,9-10,13-14,21-22,27-28H,1-4,7-8,11-12,15-20H2. The molecule has 4 unspecified atom stereocenters. The minimum absolute atomic E-state index is 0.279. The molecular weight excluding hydrogens is 420 g/mol. The third kappa shape index (κ3) is 5.01. The Labute approximate surface area is 202 Å². The summed E-state index contributed by atoms with van der Waals surface area (Å²) in [7, 11) is 0.743. The van der Waals surface area contributed by atoms with Gasteiger partial charge < -0.3 is 9.47 Å². The monoisotopic (exact) mass is 458 g/mol. The smallest absolute Gasteiger partial charge is 0.121 e. The normalized spacial score (nSPS) is 32.1. The van der Waals surface area contributed by atoms with Crippen LogP contribution in [0.5, 0.6) is 0 Å². The van der Waals surface area contributed by atoms with Crippen LogP contribution in [-0.4, -0.2) is 32.9 Å². The maximum absolute atomic E-state index is 6.08. The van der Waals surface area contributed by atoms with E-state index in [1.807, 2.05) is 0 Å². The number of hydrogen-bond acceptors (Lipinski definition) is 2. The average Bonchev–Trinajstić information content (AvgIpc) is 3.73. The average molecular weight is 459 g/mol. The van der Waals surface area contributed by atoms with E-state index in [0.717, 1.165) is 9.52 Å². The molecule has 4 atom stereocenters. The molecule has 2 saturated carbocycles. The van der Waals surface area contributed by atoms with Gasteiger partial charge in [-0.05, 0) is 75.3 Å². The topological polar surface area (TPSA) is 25.1 Å². The number of rotatable bonds is 10. The molecule has 6 rings (SSSR count). The van der Waals surface area contributed by atoms with Crippen molar-refractivity contribution in [3.8, 4) is 0 Å². The first-order chi connectivity index (χ1) is 16.2. The lowest BCUT2D eigenvalue weighted by molar-refractivity contribution is 0.267. The molecule has 2 aromatic carbocycles. The van der Waals surface area contributed by atoms with Crippen LogP contribution in [0, 0.1) is 0 Å². The zero-order chi connectivity index (χ0) is 22.1. The fourth-order valence-corrected chi connectivity index (χ4v) is 7.95. The highest BCUT2D eigenvalue weighted by atomic mass is 28.2. The summed E-state index contributed by atoms with van der Waals surface area (Å²) in [6.45, 7) is 0. The van der Waals surface area contributed by atoms with Crippen molar-refractivity contribution in [2.24, 2.45) is 0 Å². The van der Waals surface area contributed by atoms with Crippen molar-refractivity contribution in [3.05, 3.63) is 59.7 Å². The van der Waals surface area contributed by atoms with Gasteiger partial charge in [-0.2, -0.15) is 0 Å². The van der Waals surface area contributed by atoms with Crippen LogP contribution in [0.4, 0.5) is 0 Å². The van der Waals surface area contributed by atoms with Crippen molar-refractivity contribution in [2.75, 3.05) is 0 Å². The predicted octanol–water partition coefficient (Wildman–Crippen LogP) is 5.41. The fraction of sp³-hybridized carbons (Fsp3) is 0.600. The van der Waals surface area contributed by atoms with Crippen LogP contribution in [0.25, 0.3) is 0 Å². The Bertz CT molecular complexity index is 896. The van der Waals surface area contributed by atoms with E-state index in [1.165, 1.54) is 111 Å². The number of epoxide rings is 2. The molecule has 0 aromatic heterocycles. The van der Waals surface area contributed by atoms with Crippen LogP contribution in [0.15, 0.2) is 48.5 Å². The third-order valence-electron chi connectivity index (χ3n) is 8.72. The minimum atomic E-state index is 0.279. The lowest BCUT2D eigenvalue weighted by Gasteiger charge is -2.17. The Morgan fingerprint density at radius 3 is 1.70 bits per heavy atom. The summed E-state index contributed by atoms with van der Waals surface area (Å²) >= 11 is 0. The molecule has 0 N–H and O–H groups in total. The summed E-state index contributed by atoms with van der Waals surface area (Å²) in [6, 6.07) is 18.6. The first-order valence-electron chi connectivity index (χ1n) is 13.5. The molecule has 3 heteroatoms. The van der Waals surface area contributed by atoms with Crippen molar-refractivity contribution in [1.82, 2.24) is 0 Å². The molecule has 2 saturated heterocycles. The molecule has 0 amide bonds. The van der Waals surface area contributed by atoms with Gasteiger partial charge in [0.1, 0.15) is 9.52 Å². The molecule has 2 heterocycles. The van der Waals surface area contributed by atoms with Crippen molar-refractivity contribution in [1.29, 1.82) is 0 Å². The maximum Gasteiger partial charge on any atom is 0.121 e. The van der Waals surface area contributed by atoms with E-state index in [-0.39, 0.29) is 11.2 Å². The molecule has 2 nitrogen and oxygen atoms in total. The number of benzene rings is 2. The molecule has 2 aromatic rings. The van der Waals surface area contributed by atoms with Crippen LogP contribution >= 0.6 is 0 Å². The molecule has 0 spiro atoms. The van der Waals surface area contributed by atoms with E-state index < -0.39 is 0 Å². The van der Waals surface area contributed by atoms with Crippen LogP contribution in [-0.2, 0) is 22.3 Å². The lowest BCUT2D eigenvalue weighted by Crippen LogP contribution is -2.27. The highest BCUT2D eigenvalue weighted by Crippen LogP contribution is 2.51. The summed E-state index contributed by atoms with van der Waals surface area (Å²) in [4.78, 5) is 0. The highest BCUT2D eigenvalue weighted by Gasteiger charge is 2.56. The van der Waals surface area contributed by atoms with Gasteiger partial charge in [0.2, 0.25) is 0 Å². The Balaban J connectivity index is 0.992. The van der Waals surface area contributed by atoms with Gasteiger partial charge in [-0.15, -0.1) is 0 Å².